The van der Waals surface area contributed by atoms with Gasteiger partial charge in [0.05, 0.1) is 10.7 Å². The maximum Gasteiger partial charge on any atom is 0.241 e. The first-order chi connectivity index (χ1) is 7.74. The summed E-state index contributed by atoms with van der Waals surface area (Å²) in [5, 5.41) is -0.927. The standard InChI is InChI=1S/C9H10Br2N2O2S2/c1-5(9(12)16)17(14,15)13-8-4-6(10)2-3-7(8)11/h2-5,13H,1H3,(H2,12,16). The van der Waals surface area contributed by atoms with Crippen molar-refractivity contribution >= 4 is 64.8 Å². The Morgan fingerprint density at radius 3 is 2.59 bits per heavy atom. The number of anilines is 1. The van der Waals surface area contributed by atoms with Crippen molar-refractivity contribution in [3.05, 3.63) is 27.1 Å². The lowest BCUT2D eigenvalue weighted by Gasteiger charge is -2.14. The van der Waals surface area contributed by atoms with Crippen LogP contribution in [0.2, 0.25) is 0 Å². The van der Waals surface area contributed by atoms with Crippen LogP contribution in [0.1, 0.15) is 6.92 Å². The lowest BCUT2D eigenvalue weighted by Crippen LogP contribution is -2.35. The second kappa shape index (κ2) is 5.64. The van der Waals surface area contributed by atoms with Gasteiger partial charge in [0.15, 0.2) is 0 Å². The molecule has 0 saturated carbocycles. The predicted molar refractivity (Wildman–Crippen MR) is 80.6 cm³/mol. The van der Waals surface area contributed by atoms with Crippen molar-refractivity contribution in [1.29, 1.82) is 0 Å². The molecule has 4 nitrogen and oxygen atoms in total. The van der Waals surface area contributed by atoms with Crippen LogP contribution in [0.4, 0.5) is 5.69 Å². The first-order valence-electron chi connectivity index (χ1n) is 4.50. The molecule has 0 aromatic heterocycles. The molecule has 1 aromatic carbocycles. The highest BCUT2D eigenvalue weighted by molar-refractivity contribution is 9.11. The predicted octanol–water partition coefficient (Wildman–Crippen LogP) is 2.63. The molecule has 0 aliphatic carbocycles. The molecule has 17 heavy (non-hydrogen) atoms. The number of sulfonamides is 1. The molecule has 0 radical (unpaired) electrons. The minimum Gasteiger partial charge on any atom is -0.392 e. The Hall–Kier alpha value is -0.180. The van der Waals surface area contributed by atoms with Gasteiger partial charge in [-0.05, 0) is 41.1 Å². The van der Waals surface area contributed by atoms with Crippen molar-refractivity contribution in [3.63, 3.8) is 0 Å². The van der Waals surface area contributed by atoms with E-state index in [4.69, 9.17) is 5.73 Å². The summed E-state index contributed by atoms with van der Waals surface area (Å²) in [5.74, 6) is 0. The van der Waals surface area contributed by atoms with E-state index in [1.165, 1.54) is 6.92 Å². The van der Waals surface area contributed by atoms with Crippen LogP contribution in [0.15, 0.2) is 27.1 Å². The Balaban J connectivity index is 3.06. The third-order valence-electron chi connectivity index (χ3n) is 2.05. The van der Waals surface area contributed by atoms with Crippen molar-refractivity contribution in [2.24, 2.45) is 5.73 Å². The van der Waals surface area contributed by atoms with E-state index in [9.17, 15) is 8.42 Å². The van der Waals surface area contributed by atoms with Crippen molar-refractivity contribution in [3.8, 4) is 0 Å². The lowest BCUT2D eigenvalue weighted by molar-refractivity contribution is 0.598. The highest BCUT2D eigenvalue weighted by Gasteiger charge is 2.23. The molecule has 1 aromatic rings. The first kappa shape index (κ1) is 14.9. The van der Waals surface area contributed by atoms with Gasteiger partial charge in [-0.25, -0.2) is 8.42 Å². The van der Waals surface area contributed by atoms with Crippen molar-refractivity contribution in [2.45, 2.75) is 12.2 Å². The van der Waals surface area contributed by atoms with Crippen molar-refractivity contribution < 1.29 is 8.42 Å². The zero-order valence-electron chi connectivity index (χ0n) is 8.78. The molecule has 0 fully saturated rings. The average Bonchev–Trinajstić information content (AvgIpc) is 2.21. The Morgan fingerprint density at radius 2 is 2.06 bits per heavy atom. The largest absolute Gasteiger partial charge is 0.392 e. The summed E-state index contributed by atoms with van der Waals surface area (Å²) in [5.41, 5.74) is 5.77. The number of halogens is 2. The number of benzene rings is 1. The number of rotatable bonds is 4. The zero-order valence-corrected chi connectivity index (χ0v) is 13.6. The summed E-state index contributed by atoms with van der Waals surface area (Å²) in [6.07, 6.45) is 0. The molecule has 3 N–H and O–H groups in total. The molecule has 8 heteroatoms. The zero-order chi connectivity index (χ0) is 13.2. The molecule has 0 saturated heterocycles. The van der Waals surface area contributed by atoms with E-state index in [1.807, 2.05) is 0 Å². The van der Waals surface area contributed by atoms with Gasteiger partial charge in [-0.3, -0.25) is 4.72 Å². The molecule has 0 aliphatic rings. The summed E-state index contributed by atoms with van der Waals surface area (Å²) in [6.45, 7) is 1.44. The van der Waals surface area contributed by atoms with E-state index >= 15 is 0 Å². The minimum absolute atomic E-state index is 0.0661. The van der Waals surface area contributed by atoms with Gasteiger partial charge in [-0.15, -0.1) is 0 Å². The third kappa shape index (κ3) is 3.90. The molecule has 0 spiro atoms. The topological polar surface area (TPSA) is 72.2 Å². The quantitative estimate of drug-likeness (QED) is 0.760. The van der Waals surface area contributed by atoms with Crippen LogP contribution < -0.4 is 10.5 Å². The first-order valence-corrected chi connectivity index (χ1v) is 8.04. The van der Waals surface area contributed by atoms with E-state index in [1.54, 1.807) is 18.2 Å². The van der Waals surface area contributed by atoms with Gasteiger partial charge in [0.2, 0.25) is 10.0 Å². The van der Waals surface area contributed by atoms with Crippen LogP contribution in [0.25, 0.3) is 0 Å². The molecule has 1 rings (SSSR count). The smallest absolute Gasteiger partial charge is 0.241 e. The Bertz CT molecular complexity index is 546. The Kier molecular flexibility index (Phi) is 4.94. The van der Waals surface area contributed by atoms with Gasteiger partial charge in [0.25, 0.3) is 0 Å². The van der Waals surface area contributed by atoms with E-state index in [-0.39, 0.29) is 4.99 Å². The van der Waals surface area contributed by atoms with Crippen LogP contribution in [0, 0.1) is 0 Å². The number of thiocarbonyl (C=S) groups is 1. The number of hydrogen-bond acceptors (Lipinski definition) is 3. The van der Waals surface area contributed by atoms with Gasteiger partial charge in [-0.2, -0.15) is 0 Å². The summed E-state index contributed by atoms with van der Waals surface area (Å²) in [4.78, 5) is -0.0661. The lowest BCUT2D eigenvalue weighted by atomic mass is 10.3. The highest BCUT2D eigenvalue weighted by Crippen LogP contribution is 2.27. The minimum atomic E-state index is -3.62. The van der Waals surface area contributed by atoms with Gasteiger partial charge >= 0.3 is 0 Å². The average molecular weight is 402 g/mol. The SMILES string of the molecule is CC(C(N)=S)S(=O)(=O)Nc1cc(Br)ccc1Br. The fraction of sp³-hybridized carbons (Fsp3) is 0.222. The monoisotopic (exact) mass is 400 g/mol. The molecule has 1 unspecified atom stereocenters. The van der Waals surface area contributed by atoms with Gasteiger partial charge < -0.3 is 5.73 Å². The molecule has 0 heterocycles. The Morgan fingerprint density at radius 1 is 1.47 bits per heavy atom. The molecule has 94 valence electrons. The molecular formula is C9H10Br2N2O2S2. The number of nitrogens with one attached hydrogen (secondary N) is 1. The van der Waals surface area contributed by atoms with Crippen LogP contribution in [0.5, 0.6) is 0 Å². The molecule has 0 bridgehead atoms. The molecule has 1 atom stereocenters. The highest BCUT2D eigenvalue weighted by atomic mass is 79.9. The maximum atomic E-state index is 11.9. The van der Waals surface area contributed by atoms with Crippen LogP contribution in [0.3, 0.4) is 0 Å². The van der Waals surface area contributed by atoms with Crippen molar-refractivity contribution in [2.75, 3.05) is 4.72 Å². The summed E-state index contributed by atoms with van der Waals surface area (Å²) < 4.78 is 27.6. The second-order valence-corrected chi connectivity index (χ2v) is 7.56. The van der Waals surface area contributed by atoms with Gasteiger partial charge in [0, 0.05) is 8.95 Å². The van der Waals surface area contributed by atoms with E-state index < -0.39 is 15.3 Å². The molecule has 0 aliphatic heterocycles. The molecule has 0 amide bonds. The van der Waals surface area contributed by atoms with E-state index in [0.717, 1.165) is 4.47 Å². The normalized spacial score (nSPS) is 13.1. The second-order valence-electron chi connectivity index (χ2n) is 3.32. The fourth-order valence-electron chi connectivity index (χ4n) is 0.970. The van der Waals surface area contributed by atoms with E-state index in [2.05, 4.69) is 48.8 Å². The number of nitrogens with two attached hydrogens (primary N) is 1. The van der Waals surface area contributed by atoms with Crippen LogP contribution in [-0.2, 0) is 10.0 Å². The van der Waals surface area contributed by atoms with Gasteiger partial charge in [-0.1, -0.05) is 28.1 Å². The summed E-state index contributed by atoms with van der Waals surface area (Å²) >= 11 is 11.2. The summed E-state index contributed by atoms with van der Waals surface area (Å²) in [6, 6.07) is 5.17. The van der Waals surface area contributed by atoms with Gasteiger partial charge in [0.1, 0.15) is 5.25 Å². The Labute approximate surface area is 122 Å². The fourth-order valence-corrected chi connectivity index (χ4v) is 3.15. The maximum absolute atomic E-state index is 11.9. The summed E-state index contributed by atoms with van der Waals surface area (Å²) in [7, 11) is -3.62. The number of hydrogen-bond donors (Lipinski definition) is 2. The van der Waals surface area contributed by atoms with Crippen LogP contribution >= 0.6 is 44.1 Å². The molecular weight excluding hydrogens is 392 g/mol. The third-order valence-corrected chi connectivity index (χ3v) is 5.42. The van der Waals surface area contributed by atoms with E-state index in [0.29, 0.717) is 10.2 Å². The van der Waals surface area contributed by atoms with Crippen LogP contribution in [-0.4, -0.2) is 18.7 Å². The van der Waals surface area contributed by atoms with Crippen molar-refractivity contribution in [1.82, 2.24) is 0 Å².